The molecular formula is C12H19N3O2S. The molecule has 5 nitrogen and oxygen atoms in total. The van der Waals surface area contributed by atoms with Crippen molar-refractivity contribution in [3.05, 3.63) is 18.1 Å². The first-order valence-corrected chi connectivity index (χ1v) is 8.16. The monoisotopic (exact) mass is 269 g/mol. The van der Waals surface area contributed by atoms with Crippen molar-refractivity contribution in [3.8, 4) is 0 Å². The summed E-state index contributed by atoms with van der Waals surface area (Å²) >= 11 is 0. The predicted molar refractivity (Wildman–Crippen MR) is 71.3 cm³/mol. The molecule has 1 aliphatic rings. The molecule has 0 radical (unpaired) electrons. The summed E-state index contributed by atoms with van der Waals surface area (Å²) in [6.07, 6.45) is 4.30. The third-order valence-corrected chi connectivity index (χ3v) is 4.97. The van der Waals surface area contributed by atoms with E-state index in [2.05, 4.69) is 22.2 Å². The van der Waals surface area contributed by atoms with Crippen LogP contribution in [0.3, 0.4) is 0 Å². The highest BCUT2D eigenvalue weighted by Gasteiger charge is 2.27. The Bertz CT molecular complexity index is 502. The lowest BCUT2D eigenvalue weighted by Gasteiger charge is -2.10. The van der Waals surface area contributed by atoms with Gasteiger partial charge in [0.05, 0.1) is 11.5 Å². The maximum absolute atomic E-state index is 11.3. The van der Waals surface area contributed by atoms with Crippen LogP contribution >= 0.6 is 0 Å². The third-order valence-electron chi connectivity index (χ3n) is 3.13. The highest BCUT2D eigenvalue weighted by Crippen LogP contribution is 2.18. The zero-order valence-corrected chi connectivity index (χ0v) is 11.4. The molecule has 0 bridgehead atoms. The molecule has 1 saturated heterocycles. The highest BCUT2D eigenvalue weighted by molar-refractivity contribution is 7.91. The van der Waals surface area contributed by atoms with Crippen molar-refractivity contribution in [1.82, 2.24) is 9.97 Å². The summed E-state index contributed by atoms with van der Waals surface area (Å²) in [6.45, 7) is 2.78. The molecule has 2 heterocycles. The molecule has 0 saturated carbocycles. The van der Waals surface area contributed by atoms with Crippen LogP contribution in [0.25, 0.3) is 0 Å². The van der Waals surface area contributed by atoms with E-state index in [4.69, 9.17) is 0 Å². The molecule has 1 unspecified atom stereocenters. The summed E-state index contributed by atoms with van der Waals surface area (Å²) in [5.41, 5.74) is 1.02. The molecule has 100 valence electrons. The Morgan fingerprint density at radius 3 is 2.94 bits per heavy atom. The lowest BCUT2D eigenvalue weighted by molar-refractivity contribution is 0.595. The van der Waals surface area contributed by atoms with Gasteiger partial charge in [-0.2, -0.15) is 0 Å². The number of sulfone groups is 1. The molecule has 1 fully saturated rings. The van der Waals surface area contributed by atoms with Crippen molar-refractivity contribution in [2.45, 2.75) is 26.2 Å². The Balaban J connectivity index is 1.88. The van der Waals surface area contributed by atoms with E-state index in [0.717, 1.165) is 30.8 Å². The number of anilines is 1. The summed E-state index contributed by atoms with van der Waals surface area (Å²) in [5.74, 6) is 1.62. The SMILES string of the molecule is CCCc1cc(NCC2CCS(=O)(=O)C2)ncn1. The van der Waals surface area contributed by atoms with Gasteiger partial charge < -0.3 is 5.32 Å². The second kappa shape index (κ2) is 5.65. The number of aryl methyl sites for hydroxylation is 1. The molecule has 1 N–H and O–H groups in total. The highest BCUT2D eigenvalue weighted by atomic mass is 32.2. The van der Waals surface area contributed by atoms with E-state index >= 15 is 0 Å². The minimum atomic E-state index is -2.79. The van der Waals surface area contributed by atoms with Crippen molar-refractivity contribution in [3.63, 3.8) is 0 Å². The van der Waals surface area contributed by atoms with Gasteiger partial charge in [0.15, 0.2) is 9.84 Å². The number of aromatic nitrogens is 2. The minimum absolute atomic E-state index is 0.208. The molecule has 1 atom stereocenters. The number of hydrogen-bond donors (Lipinski definition) is 1. The molecular weight excluding hydrogens is 250 g/mol. The molecule has 1 aliphatic heterocycles. The average Bonchev–Trinajstić information content (AvgIpc) is 2.68. The third kappa shape index (κ3) is 3.66. The van der Waals surface area contributed by atoms with Crippen LogP contribution in [0.15, 0.2) is 12.4 Å². The summed E-state index contributed by atoms with van der Waals surface area (Å²) in [7, 11) is -2.79. The first-order valence-electron chi connectivity index (χ1n) is 6.34. The predicted octanol–water partition coefficient (Wildman–Crippen LogP) is 1.28. The van der Waals surface area contributed by atoms with Gasteiger partial charge in [-0.1, -0.05) is 13.3 Å². The summed E-state index contributed by atoms with van der Waals surface area (Å²) in [6, 6.07) is 1.94. The molecule has 18 heavy (non-hydrogen) atoms. The largest absolute Gasteiger partial charge is 0.370 e. The van der Waals surface area contributed by atoms with Gasteiger partial charge in [0.1, 0.15) is 12.1 Å². The average molecular weight is 269 g/mol. The van der Waals surface area contributed by atoms with Gasteiger partial charge in [0.2, 0.25) is 0 Å². The fourth-order valence-corrected chi connectivity index (χ4v) is 4.03. The molecule has 1 aromatic rings. The van der Waals surface area contributed by atoms with Crippen LogP contribution in [0.4, 0.5) is 5.82 Å². The second-order valence-electron chi connectivity index (χ2n) is 4.79. The van der Waals surface area contributed by atoms with E-state index in [1.54, 1.807) is 6.33 Å². The Morgan fingerprint density at radius 2 is 2.28 bits per heavy atom. The zero-order valence-electron chi connectivity index (χ0n) is 10.6. The second-order valence-corrected chi connectivity index (χ2v) is 7.02. The topological polar surface area (TPSA) is 72.0 Å². The fourth-order valence-electron chi connectivity index (χ4n) is 2.17. The zero-order chi connectivity index (χ0) is 13.0. The molecule has 0 aliphatic carbocycles. The van der Waals surface area contributed by atoms with E-state index in [1.165, 1.54) is 0 Å². The molecule has 2 rings (SSSR count). The van der Waals surface area contributed by atoms with Crippen LogP contribution in [-0.4, -0.2) is 36.4 Å². The van der Waals surface area contributed by atoms with Crippen molar-refractivity contribution >= 4 is 15.7 Å². The Labute approximate surface area is 108 Å². The maximum Gasteiger partial charge on any atom is 0.150 e. The minimum Gasteiger partial charge on any atom is -0.370 e. The Kier molecular flexibility index (Phi) is 4.16. The van der Waals surface area contributed by atoms with Crippen LogP contribution in [-0.2, 0) is 16.3 Å². The van der Waals surface area contributed by atoms with E-state index in [0.29, 0.717) is 18.1 Å². The number of nitrogens with zero attached hydrogens (tertiary/aromatic N) is 2. The Hall–Kier alpha value is -1.17. The van der Waals surface area contributed by atoms with E-state index < -0.39 is 9.84 Å². The van der Waals surface area contributed by atoms with Crippen LogP contribution in [0.2, 0.25) is 0 Å². The van der Waals surface area contributed by atoms with E-state index in [1.807, 2.05) is 6.07 Å². The maximum atomic E-state index is 11.3. The lowest BCUT2D eigenvalue weighted by atomic mass is 10.1. The van der Waals surface area contributed by atoms with Crippen molar-refractivity contribution in [2.75, 3.05) is 23.4 Å². The van der Waals surface area contributed by atoms with Crippen LogP contribution in [0.1, 0.15) is 25.5 Å². The molecule has 0 aromatic carbocycles. The molecule has 1 aromatic heterocycles. The lowest BCUT2D eigenvalue weighted by Crippen LogP contribution is -2.16. The van der Waals surface area contributed by atoms with Crippen molar-refractivity contribution < 1.29 is 8.42 Å². The smallest absolute Gasteiger partial charge is 0.150 e. The van der Waals surface area contributed by atoms with Gasteiger partial charge in [0.25, 0.3) is 0 Å². The van der Waals surface area contributed by atoms with Gasteiger partial charge in [-0.15, -0.1) is 0 Å². The normalized spacial score (nSPS) is 21.9. The van der Waals surface area contributed by atoms with Gasteiger partial charge in [0, 0.05) is 18.3 Å². The summed E-state index contributed by atoms with van der Waals surface area (Å²) < 4.78 is 22.7. The van der Waals surface area contributed by atoms with E-state index in [-0.39, 0.29) is 5.92 Å². The number of rotatable bonds is 5. The summed E-state index contributed by atoms with van der Waals surface area (Å²) in [4.78, 5) is 8.33. The van der Waals surface area contributed by atoms with E-state index in [9.17, 15) is 8.42 Å². The number of nitrogens with one attached hydrogen (secondary N) is 1. The van der Waals surface area contributed by atoms with Crippen molar-refractivity contribution in [2.24, 2.45) is 5.92 Å². The standard InChI is InChI=1S/C12H19N3O2S/c1-2-3-11-6-12(15-9-14-11)13-7-10-4-5-18(16,17)8-10/h6,9-10H,2-5,7-8H2,1H3,(H,13,14,15). The van der Waals surface area contributed by atoms with Gasteiger partial charge in [-0.25, -0.2) is 18.4 Å². The fraction of sp³-hybridized carbons (Fsp3) is 0.667. The molecule has 0 spiro atoms. The quantitative estimate of drug-likeness (QED) is 0.871. The number of hydrogen-bond acceptors (Lipinski definition) is 5. The van der Waals surface area contributed by atoms with Gasteiger partial charge in [-0.05, 0) is 18.8 Å². The van der Waals surface area contributed by atoms with Crippen molar-refractivity contribution in [1.29, 1.82) is 0 Å². The molecule has 0 amide bonds. The van der Waals surface area contributed by atoms with Crippen LogP contribution < -0.4 is 5.32 Å². The molecule has 6 heteroatoms. The first-order chi connectivity index (χ1) is 8.59. The van der Waals surface area contributed by atoms with Gasteiger partial charge in [-0.3, -0.25) is 0 Å². The van der Waals surface area contributed by atoms with Crippen LogP contribution in [0.5, 0.6) is 0 Å². The first kappa shape index (κ1) is 13.3. The summed E-state index contributed by atoms with van der Waals surface area (Å²) in [5, 5.41) is 3.21. The Morgan fingerprint density at radius 1 is 1.44 bits per heavy atom. The van der Waals surface area contributed by atoms with Gasteiger partial charge >= 0.3 is 0 Å². The van der Waals surface area contributed by atoms with Crippen LogP contribution in [0, 0.1) is 5.92 Å².